The van der Waals surface area contributed by atoms with Gasteiger partial charge in [-0.1, -0.05) is 19.9 Å². The van der Waals surface area contributed by atoms with Gasteiger partial charge < -0.3 is 23.7 Å². The van der Waals surface area contributed by atoms with E-state index in [0.717, 1.165) is 30.6 Å². The molecule has 7 nitrogen and oxygen atoms in total. The van der Waals surface area contributed by atoms with E-state index in [1.807, 2.05) is 40.1 Å². The van der Waals surface area contributed by atoms with E-state index in [4.69, 9.17) is 13.9 Å². The van der Waals surface area contributed by atoms with Gasteiger partial charge in [0.15, 0.2) is 11.5 Å². The van der Waals surface area contributed by atoms with E-state index in [-0.39, 0.29) is 23.8 Å². The smallest absolute Gasteiger partial charge is 0.242 e. The fraction of sp³-hybridized carbons (Fsp3) is 0.625. The van der Waals surface area contributed by atoms with Gasteiger partial charge >= 0.3 is 0 Å². The molecule has 0 unspecified atom stereocenters. The Balaban J connectivity index is 1.32. The Labute approximate surface area is 232 Å². The highest BCUT2D eigenvalue weighted by Gasteiger charge is 2.55. The van der Waals surface area contributed by atoms with Crippen molar-refractivity contribution in [2.75, 3.05) is 33.9 Å². The van der Waals surface area contributed by atoms with Crippen molar-refractivity contribution in [1.29, 1.82) is 0 Å². The molecule has 6 rings (SSSR count). The number of hydrogen-bond acceptors (Lipinski definition) is 5. The molecule has 1 aromatic carbocycles. The number of carbonyl (C=O) groups is 2. The lowest BCUT2D eigenvalue weighted by atomic mass is 9.49. The maximum Gasteiger partial charge on any atom is 0.242 e. The summed E-state index contributed by atoms with van der Waals surface area (Å²) >= 11 is 0. The first-order valence-electron chi connectivity index (χ1n) is 14.6. The van der Waals surface area contributed by atoms with Crippen molar-refractivity contribution in [3.8, 4) is 11.5 Å². The van der Waals surface area contributed by atoms with Crippen LogP contribution in [0.4, 0.5) is 0 Å². The molecule has 2 aromatic rings. The van der Waals surface area contributed by atoms with E-state index in [1.165, 1.54) is 19.3 Å². The van der Waals surface area contributed by atoms with Gasteiger partial charge in [-0.15, -0.1) is 0 Å². The van der Waals surface area contributed by atoms with Gasteiger partial charge in [0.2, 0.25) is 11.8 Å². The molecule has 212 valence electrons. The summed E-state index contributed by atoms with van der Waals surface area (Å²) in [6.07, 6.45) is 9.20. The normalized spacial score (nSPS) is 25.1. The number of methoxy groups -OCH3 is 2. The van der Waals surface area contributed by atoms with Crippen LogP contribution in [0, 0.1) is 29.1 Å². The molecular formula is C32H44N2O5. The quantitative estimate of drug-likeness (QED) is 0.355. The molecule has 0 radical (unpaired) electrons. The average molecular weight is 537 g/mol. The first-order chi connectivity index (χ1) is 18.8. The van der Waals surface area contributed by atoms with Gasteiger partial charge in [0.25, 0.3) is 0 Å². The van der Waals surface area contributed by atoms with E-state index in [9.17, 15) is 9.59 Å². The molecule has 0 N–H and O–H groups in total. The highest BCUT2D eigenvalue weighted by Crippen LogP contribution is 2.60. The van der Waals surface area contributed by atoms with E-state index in [0.29, 0.717) is 61.2 Å². The number of amides is 2. The SMILES string of the molecule is COc1ccc(CCN(Cc2ccco2)C(=O)CN(CC(C)C)C(=O)C23CC4CC(CC(C4)C2)C3)cc1OC. The molecule has 4 aliphatic rings. The Kier molecular flexibility index (Phi) is 8.24. The van der Waals surface area contributed by atoms with E-state index >= 15 is 0 Å². The van der Waals surface area contributed by atoms with Crippen molar-refractivity contribution >= 4 is 11.8 Å². The molecule has 0 atom stereocenters. The maximum atomic E-state index is 14.2. The van der Waals surface area contributed by atoms with Gasteiger partial charge in [0, 0.05) is 13.1 Å². The van der Waals surface area contributed by atoms with E-state index in [1.54, 1.807) is 20.5 Å². The maximum absolute atomic E-state index is 14.2. The molecule has 4 bridgehead atoms. The van der Waals surface area contributed by atoms with Gasteiger partial charge in [-0.05, 0) is 98.4 Å². The highest BCUT2D eigenvalue weighted by atomic mass is 16.5. The van der Waals surface area contributed by atoms with Crippen LogP contribution in [-0.2, 0) is 22.6 Å². The Bertz CT molecular complexity index is 1110. The first kappa shape index (κ1) is 27.6. The number of nitrogens with zero attached hydrogens (tertiary/aromatic N) is 2. The van der Waals surface area contributed by atoms with E-state index < -0.39 is 0 Å². The molecule has 0 aliphatic heterocycles. The van der Waals surface area contributed by atoms with Crippen LogP contribution in [0.3, 0.4) is 0 Å². The summed E-state index contributed by atoms with van der Waals surface area (Å²) in [5.41, 5.74) is 0.795. The molecule has 39 heavy (non-hydrogen) atoms. The van der Waals surface area contributed by atoms with Crippen LogP contribution in [0.2, 0.25) is 0 Å². The molecule has 0 spiro atoms. The van der Waals surface area contributed by atoms with Gasteiger partial charge in [0.1, 0.15) is 5.76 Å². The second-order valence-electron chi connectivity index (χ2n) is 12.6. The van der Waals surface area contributed by atoms with Crippen molar-refractivity contribution in [3.05, 3.63) is 47.9 Å². The zero-order chi connectivity index (χ0) is 27.6. The van der Waals surface area contributed by atoms with Crippen LogP contribution >= 0.6 is 0 Å². The third kappa shape index (κ3) is 6.12. The van der Waals surface area contributed by atoms with E-state index in [2.05, 4.69) is 13.8 Å². The van der Waals surface area contributed by atoms with Gasteiger partial charge in [0.05, 0.1) is 39.0 Å². The molecule has 4 saturated carbocycles. The summed E-state index contributed by atoms with van der Waals surface area (Å²) in [5.74, 6) is 4.63. The summed E-state index contributed by atoms with van der Waals surface area (Å²) in [4.78, 5) is 31.8. The minimum absolute atomic E-state index is 0.0365. The summed E-state index contributed by atoms with van der Waals surface area (Å²) in [6, 6.07) is 9.58. The molecule has 4 aliphatic carbocycles. The summed E-state index contributed by atoms with van der Waals surface area (Å²) in [7, 11) is 3.24. The topological polar surface area (TPSA) is 72.2 Å². The largest absolute Gasteiger partial charge is 0.493 e. The lowest BCUT2D eigenvalue weighted by Crippen LogP contribution is -2.56. The Hall–Kier alpha value is -2.96. The van der Waals surface area contributed by atoms with Crippen LogP contribution in [-0.4, -0.2) is 55.5 Å². The van der Waals surface area contributed by atoms with Crippen LogP contribution in [0.25, 0.3) is 0 Å². The Morgan fingerprint density at radius 2 is 1.64 bits per heavy atom. The first-order valence-corrected chi connectivity index (χ1v) is 14.6. The number of furan rings is 1. The van der Waals surface area contributed by atoms with Crippen molar-refractivity contribution in [3.63, 3.8) is 0 Å². The zero-order valence-corrected chi connectivity index (χ0v) is 24.0. The highest BCUT2D eigenvalue weighted by molar-refractivity contribution is 5.88. The fourth-order valence-electron chi connectivity index (χ4n) is 7.81. The predicted molar refractivity (Wildman–Crippen MR) is 149 cm³/mol. The van der Waals surface area contributed by atoms with Gasteiger partial charge in [-0.3, -0.25) is 9.59 Å². The number of carbonyl (C=O) groups excluding carboxylic acids is 2. The van der Waals surface area contributed by atoms with Crippen molar-refractivity contribution < 1.29 is 23.5 Å². The number of benzene rings is 1. The monoisotopic (exact) mass is 536 g/mol. The second kappa shape index (κ2) is 11.6. The predicted octanol–water partition coefficient (Wildman–Crippen LogP) is 5.57. The third-order valence-corrected chi connectivity index (χ3v) is 9.09. The zero-order valence-electron chi connectivity index (χ0n) is 24.0. The fourth-order valence-corrected chi connectivity index (χ4v) is 7.81. The molecule has 4 fully saturated rings. The third-order valence-electron chi connectivity index (χ3n) is 9.09. The molecule has 0 saturated heterocycles. The van der Waals surface area contributed by atoms with Crippen LogP contribution in [0.5, 0.6) is 11.5 Å². The van der Waals surface area contributed by atoms with Gasteiger partial charge in [-0.2, -0.15) is 0 Å². The standard InChI is InChI=1S/C32H44N2O5/c1-22(2)19-34(31(36)32-16-24-12-25(17-32)14-26(13-24)18-32)21-30(35)33(20-27-6-5-11-39-27)10-9-23-7-8-28(37-3)29(15-23)38-4/h5-8,11,15,22,24-26H,9-10,12-14,16-21H2,1-4H3. The minimum atomic E-state index is -0.255. The van der Waals surface area contributed by atoms with Gasteiger partial charge in [-0.25, -0.2) is 0 Å². The van der Waals surface area contributed by atoms with Crippen molar-refractivity contribution in [2.24, 2.45) is 29.1 Å². The second-order valence-corrected chi connectivity index (χ2v) is 12.6. The number of hydrogen-bond donors (Lipinski definition) is 0. The van der Waals surface area contributed by atoms with Crippen LogP contribution < -0.4 is 9.47 Å². The van der Waals surface area contributed by atoms with Crippen LogP contribution in [0.1, 0.15) is 63.7 Å². The summed E-state index contributed by atoms with van der Waals surface area (Å²) in [5, 5.41) is 0. The molecule has 1 aromatic heterocycles. The van der Waals surface area contributed by atoms with Crippen LogP contribution in [0.15, 0.2) is 41.0 Å². The lowest BCUT2D eigenvalue weighted by Gasteiger charge is -2.56. The molecular weight excluding hydrogens is 492 g/mol. The molecule has 7 heteroatoms. The lowest BCUT2D eigenvalue weighted by molar-refractivity contribution is -0.161. The molecule has 1 heterocycles. The summed E-state index contributed by atoms with van der Waals surface area (Å²) in [6.45, 7) is 5.86. The average Bonchev–Trinajstić information content (AvgIpc) is 3.42. The number of rotatable bonds is 12. The van der Waals surface area contributed by atoms with Crippen molar-refractivity contribution in [2.45, 2.75) is 65.3 Å². The summed E-state index contributed by atoms with van der Waals surface area (Å²) < 4.78 is 16.4. The Morgan fingerprint density at radius 3 is 2.21 bits per heavy atom. The Morgan fingerprint density at radius 1 is 0.974 bits per heavy atom. The minimum Gasteiger partial charge on any atom is -0.493 e. The number of ether oxygens (including phenoxy) is 2. The molecule has 2 amide bonds. The van der Waals surface area contributed by atoms with Crippen molar-refractivity contribution in [1.82, 2.24) is 9.80 Å².